The predicted molar refractivity (Wildman–Crippen MR) is 123 cm³/mol. The number of aromatic nitrogens is 2. The average molecular weight is 445 g/mol. The molecule has 2 amide bonds. The van der Waals surface area contributed by atoms with Crippen LogP contribution < -0.4 is 21.4 Å². The smallest absolute Gasteiger partial charge is 0.287 e. The Morgan fingerprint density at radius 2 is 1.73 bits per heavy atom. The third-order valence-electron chi connectivity index (χ3n) is 4.56. The lowest BCUT2D eigenvalue weighted by Crippen LogP contribution is -2.28. The highest BCUT2D eigenvalue weighted by Crippen LogP contribution is 2.31. The van der Waals surface area contributed by atoms with Crippen LogP contribution in [0.4, 0.5) is 11.4 Å². The van der Waals surface area contributed by atoms with E-state index in [1.807, 2.05) is 6.92 Å². The van der Waals surface area contributed by atoms with Crippen LogP contribution in [0.25, 0.3) is 0 Å². The maximum atomic E-state index is 13.1. The number of nitrogens with two attached hydrogens (primary N) is 1. The second kappa shape index (κ2) is 10.2. The van der Waals surface area contributed by atoms with Crippen LogP contribution in [0.15, 0.2) is 66.8 Å². The summed E-state index contributed by atoms with van der Waals surface area (Å²) < 4.78 is 0. The van der Waals surface area contributed by atoms with Gasteiger partial charge < -0.3 is 15.9 Å². The van der Waals surface area contributed by atoms with Crippen molar-refractivity contribution in [3.63, 3.8) is 0 Å². The van der Waals surface area contributed by atoms with Crippen molar-refractivity contribution in [2.75, 3.05) is 5.32 Å². The molecular weight excluding hydrogens is 422 g/mol. The number of nitrogens with one attached hydrogen (secondary N) is 2. The number of hydrogen-bond donors (Lipinski definition) is 3. The van der Waals surface area contributed by atoms with E-state index >= 15 is 0 Å². The average Bonchev–Trinajstić information content (AvgIpc) is 2.78. The highest BCUT2D eigenvalue weighted by atomic mass is 16.7. The van der Waals surface area contributed by atoms with Gasteiger partial charge in [0.1, 0.15) is 6.33 Å². The van der Waals surface area contributed by atoms with E-state index in [2.05, 4.69) is 20.8 Å². The minimum Gasteiger partial charge on any atom is -0.378 e. The van der Waals surface area contributed by atoms with Crippen molar-refractivity contribution >= 4 is 29.0 Å². The van der Waals surface area contributed by atoms with E-state index in [0.29, 0.717) is 16.9 Å². The van der Waals surface area contributed by atoms with Gasteiger partial charge in [-0.1, -0.05) is 17.7 Å². The van der Waals surface area contributed by atoms with Crippen molar-refractivity contribution < 1.29 is 19.2 Å². The molecule has 1 aromatic heterocycles. The minimum absolute atomic E-state index is 0.136. The third kappa shape index (κ3) is 5.79. The van der Waals surface area contributed by atoms with E-state index in [9.17, 15) is 14.4 Å². The molecular formula is C24H23N5O4. The number of hydroxylamine groups is 1. The zero-order valence-electron chi connectivity index (χ0n) is 18.4. The van der Waals surface area contributed by atoms with Gasteiger partial charge in [0, 0.05) is 23.6 Å². The quantitative estimate of drug-likeness (QED) is 0.274. The van der Waals surface area contributed by atoms with Crippen molar-refractivity contribution in [1.82, 2.24) is 15.4 Å². The molecule has 0 aliphatic carbocycles. The number of amides is 2. The van der Waals surface area contributed by atoms with Crippen LogP contribution in [0.1, 0.15) is 50.5 Å². The fraction of sp³-hybridized carbons (Fsp3) is 0.125. The van der Waals surface area contributed by atoms with Gasteiger partial charge in [0.2, 0.25) is 5.91 Å². The van der Waals surface area contributed by atoms with Gasteiger partial charge in [-0.15, -0.1) is 0 Å². The maximum absolute atomic E-state index is 13.1. The highest BCUT2D eigenvalue weighted by molar-refractivity contribution is 6.11. The van der Waals surface area contributed by atoms with E-state index in [-0.39, 0.29) is 22.7 Å². The first-order valence-electron chi connectivity index (χ1n) is 9.98. The molecule has 0 aliphatic heterocycles. The summed E-state index contributed by atoms with van der Waals surface area (Å²) in [6, 6.07) is 9.91. The first-order valence-corrected chi connectivity index (χ1v) is 9.98. The molecule has 9 heteroatoms. The molecule has 3 aromatic rings. The number of carbonyl (C=O) groups is 3. The van der Waals surface area contributed by atoms with Crippen molar-refractivity contribution in [1.29, 1.82) is 0 Å². The van der Waals surface area contributed by atoms with Crippen LogP contribution in [0.2, 0.25) is 0 Å². The van der Waals surface area contributed by atoms with Gasteiger partial charge in [0.15, 0.2) is 11.5 Å². The molecule has 1 heterocycles. The number of allylic oxidation sites excluding steroid dienone is 2. The van der Waals surface area contributed by atoms with Crippen LogP contribution in [-0.2, 0) is 0 Å². The van der Waals surface area contributed by atoms with Crippen molar-refractivity contribution in [3.8, 4) is 5.75 Å². The summed E-state index contributed by atoms with van der Waals surface area (Å²) in [4.78, 5) is 50.1. The first kappa shape index (κ1) is 23.1. The van der Waals surface area contributed by atoms with Gasteiger partial charge in [0.25, 0.3) is 5.91 Å². The fourth-order valence-corrected chi connectivity index (χ4v) is 2.94. The summed E-state index contributed by atoms with van der Waals surface area (Å²) in [6.07, 6.45) is 5.45. The summed E-state index contributed by atoms with van der Waals surface area (Å²) in [6.45, 7) is 5.45. The maximum Gasteiger partial charge on any atom is 0.287 e. The van der Waals surface area contributed by atoms with E-state index in [4.69, 9.17) is 10.6 Å². The van der Waals surface area contributed by atoms with E-state index in [1.54, 1.807) is 50.2 Å². The van der Waals surface area contributed by atoms with Crippen molar-refractivity contribution in [3.05, 3.63) is 89.0 Å². The Labute approximate surface area is 190 Å². The van der Waals surface area contributed by atoms with E-state index in [0.717, 1.165) is 11.1 Å². The zero-order chi connectivity index (χ0) is 24.0. The van der Waals surface area contributed by atoms with Gasteiger partial charge in [-0.2, -0.15) is 5.48 Å². The summed E-state index contributed by atoms with van der Waals surface area (Å²) >= 11 is 0. The number of anilines is 2. The Bertz CT molecular complexity index is 1230. The number of hydrogen-bond acceptors (Lipinski definition) is 7. The van der Waals surface area contributed by atoms with Crippen LogP contribution in [-0.4, -0.2) is 27.6 Å². The van der Waals surface area contributed by atoms with Crippen LogP contribution in [0.5, 0.6) is 5.75 Å². The number of ketones is 1. The molecule has 33 heavy (non-hydrogen) atoms. The Balaban J connectivity index is 1.98. The molecule has 0 bridgehead atoms. The van der Waals surface area contributed by atoms with E-state index < -0.39 is 11.8 Å². The Morgan fingerprint density at radius 3 is 2.39 bits per heavy atom. The largest absolute Gasteiger partial charge is 0.378 e. The number of nitrogens with zero attached hydrogens (tertiary/aromatic N) is 2. The van der Waals surface area contributed by atoms with Gasteiger partial charge in [-0.05, 0) is 56.7 Å². The number of aryl methyl sites for hydroxylation is 1. The SMILES string of the molecule is CC(C)=CC(=O)c1c(Nc2cc(C(N)=O)ccc2C)cccc1ONC(=O)c1cncnc1. The first-order chi connectivity index (χ1) is 15.8. The fourth-order valence-electron chi connectivity index (χ4n) is 2.94. The molecule has 168 valence electrons. The molecule has 4 N–H and O–H groups in total. The molecule has 9 nitrogen and oxygen atoms in total. The highest BCUT2D eigenvalue weighted by Gasteiger charge is 2.19. The molecule has 0 spiro atoms. The normalized spacial score (nSPS) is 10.2. The summed E-state index contributed by atoms with van der Waals surface area (Å²) in [5.74, 6) is -1.33. The van der Waals surface area contributed by atoms with Crippen molar-refractivity contribution in [2.24, 2.45) is 5.73 Å². The molecule has 2 aromatic carbocycles. The molecule has 0 atom stereocenters. The van der Waals surface area contributed by atoms with Crippen molar-refractivity contribution in [2.45, 2.75) is 20.8 Å². The molecule has 0 unspecified atom stereocenters. The molecule has 0 saturated heterocycles. The molecule has 3 rings (SSSR count). The second-order valence-electron chi connectivity index (χ2n) is 7.44. The summed E-state index contributed by atoms with van der Waals surface area (Å²) in [5, 5.41) is 3.18. The lowest BCUT2D eigenvalue weighted by atomic mass is 10.0. The standard InChI is InChI=1S/C24H23N5O4/c1-14(2)9-20(30)22-18(28-19-10-16(23(25)31)8-7-15(19)3)5-4-6-21(22)33-29-24(32)17-11-26-13-27-12-17/h4-13,28H,1-3H3,(H2,25,31)(H,29,32). The Hall–Kier alpha value is -4.53. The Kier molecular flexibility index (Phi) is 7.14. The van der Waals surface area contributed by atoms with Gasteiger partial charge in [-0.25, -0.2) is 9.97 Å². The zero-order valence-corrected chi connectivity index (χ0v) is 18.4. The summed E-state index contributed by atoms with van der Waals surface area (Å²) in [5.41, 5.74) is 11.1. The molecule has 0 fully saturated rings. The molecule has 0 saturated carbocycles. The molecule has 0 aliphatic rings. The number of rotatable bonds is 8. The summed E-state index contributed by atoms with van der Waals surface area (Å²) in [7, 11) is 0. The van der Waals surface area contributed by atoms with Crippen LogP contribution in [0.3, 0.4) is 0 Å². The number of carbonyl (C=O) groups excluding carboxylic acids is 3. The van der Waals surface area contributed by atoms with Crippen LogP contribution in [0, 0.1) is 6.92 Å². The molecule has 0 radical (unpaired) electrons. The number of primary amides is 1. The number of benzene rings is 2. The minimum atomic E-state index is -0.570. The van der Waals surface area contributed by atoms with Gasteiger partial charge in [-0.3, -0.25) is 14.4 Å². The van der Waals surface area contributed by atoms with Crippen LogP contribution >= 0.6 is 0 Å². The Morgan fingerprint density at radius 1 is 1.00 bits per heavy atom. The lowest BCUT2D eigenvalue weighted by Gasteiger charge is -2.17. The third-order valence-corrected chi connectivity index (χ3v) is 4.56. The predicted octanol–water partition coefficient (Wildman–Crippen LogP) is 3.50. The van der Waals surface area contributed by atoms with Gasteiger partial charge in [0.05, 0.1) is 16.8 Å². The van der Waals surface area contributed by atoms with Gasteiger partial charge >= 0.3 is 0 Å². The monoisotopic (exact) mass is 445 g/mol. The van der Waals surface area contributed by atoms with E-state index in [1.165, 1.54) is 24.8 Å². The topological polar surface area (TPSA) is 136 Å². The second-order valence-corrected chi connectivity index (χ2v) is 7.44. The lowest BCUT2D eigenvalue weighted by molar-refractivity contribution is 0.0753.